The van der Waals surface area contributed by atoms with E-state index in [0.29, 0.717) is 62.1 Å². The number of carbonyl (C=O) groups excluding carboxylic acids is 1. The fourth-order valence-corrected chi connectivity index (χ4v) is 5.29. The average Bonchev–Trinajstić information content (AvgIpc) is 3.20. The lowest BCUT2D eigenvalue weighted by Crippen LogP contribution is -2.51. The van der Waals surface area contributed by atoms with Gasteiger partial charge in [-0.25, -0.2) is 0 Å². The maximum Gasteiger partial charge on any atom is 0.417 e. The highest BCUT2D eigenvalue weighted by atomic mass is 35.5. The number of benzene rings is 2. The van der Waals surface area contributed by atoms with Crippen molar-refractivity contribution in [3.05, 3.63) is 64.2 Å². The van der Waals surface area contributed by atoms with E-state index in [1.807, 2.05) is 11.8 Å². The van der Waals surface area contributed by atoms with Gasteiger partial charge in [-0.15, -0.1) is 0 Å². The predicted molar refractivity (Wildman–Crippen MR) is 123 cm³/mol. The highest BCUT2D eigenvalue weighted by molar-refractivity contribution is 6.33. The van der Waals surface area contributed by atoms with Crippen LogP contribution in [0.5, 0.6) is 0 Å². The third-order valence-corrected chi connectivity index (χ3v) is 7.24. The second-order valence-corrected chi connectivity index (χ2v) is 9.30. The number of rotatable bonds is 5. The van der Waals surface area contributed by atoms with Gasteiger partial charge in [0.15, 0.2) is 0 Å². The van der Waals surface area contributed by atoms with Crippen molar-refractivity contribution in [2.75, 3.05) is 44.3 Å². The highest BCUT2D eigenvalue weighted by Gasteiger charge is 2.50. The van der Waals surface area contributed by atoms with E-state index in [2.05, 4.69) is 0 Å². The van der Waals surface area contributed by atoms with Crippen molar-refractivity contribution >= 4 is 23.2 Å². The van der Waals surface area contributed by atoms with Gasteiger partial charge in [0.25, 0.3) is 5.91 Å². The van der Waals surface area contributed by atoms with Crippen molar-refractivity contribution in [2.24, 2.45) is 11.3 Å². The first-order valence-corrected chi connectivity index (χ1v) is 11.5. The smallest absolute Gasteiger partial charge is 0.381 e. The van der Waals surface area contributed by atoms with Crippen LogP contribution in [-0.4, -0.2) is 50.2 Å². The molecule has 0 radical (unpaired) electrons. The number of halogens is 4. The summed E-state index contributed by atoms with van der Waals surface area (Å²) in [4.78, 5) is 16.8. The molecule has 180 valence electrons. The molecule has 5 nitrogen and oxygen atoms in total. The number of nitriles is 1. The average molecular weight is 492 g/mol. The molecular weight excluding hydrogens is 467 g/mol. The highest BCUT2D eigenvalue weighted by Crippen LogP contribution is 2.46. The molecule has 34 heavy (non-hydrogen) atoms. The fraction of sp³-hybridized carbons (Fsp3) is 0.440. The summed E-state index contributed by atoms with van der Waals surface area (Å²) in [5.74, 6) is -0.129. The molecule has 2 aliphatic heterocycles. The Morgan fingerprint density at radius 2 is 2.03 bits per heavy atom. The van der Waals surface area contributed by atoms with E-state index in [-0.39, 0.29) is 17.2 Å². The Morgan fingerprint density at radius 1 is 1.26 bits per heavy atom. The molecule has 2 aromatic rings. The monoisotopic (exact) mass is 491 g/mol. The molecule has 2 heterocycles. The minimum Gasteiger partial charge on any atom is -0.381 e. The summed E-state index contributed by atoms with van der Waals surface area (Å²) < 4.78 is 46.4. The van der Waals surface area contributed by atoms with E-state index in [9.17, 15) is 18.0 Å². The number of alkyl halides is 3. The Balaban J connectivity index is 1.61. The topological polar surface area (TPSA) is 56.6 Å². The van der Waals surface area contributed by atoms with Crippen LogP contribution in [0.3, 0.4) is 0 Å². The molecule has 0 saturated carbocycles. The van der Waals surface area contributed by atoms with Crippen LogP contribution in [0.15, 0.2) is 42.5 Å². The fourth-order valence-electron chi connectivity index (χ4n) is 5.07. The lowest BCUT2D eigenvalue weighted by atomic mass is 9.73. The molecule has 0 aliphatic carbocycles. The zero-order chi connectivity index (χ0) is 24.5. The standard InChI is InChI=1S/C25H25ClF3N3O2/c1-2-34-16-24-9-10-31(23(33)20-5-3-4-6-22(20)26)13-18(24)14-32(15-24)19-8-7-17(12-30)21(11-19)25(27,28)29/h3-8,11,18H,2,9-10,13-16H2,1H3/t18-,24+/m1/s1. The molecule has 0 spiro atoms. The maximum absolute atomic E-state index is 13.5. The number of fused-ring (bicyclic) bond motifs is 1. The summed E-state index contributed by atoms with van der Waals surface area (Å²) in [6.07, 6.45) is -3.94. The lowest BCUT2D eigenvalue weighted by Gasteiger charge is -2.43. The normalized spacial score (nSPS) is 22.4. The summed E-state index contributed by atoms with van der Waals surface area (Å²) in [7, 11) is 0. The molecule has 0 aromatic heterocycles. The van der Waals surface area contributed by atoms with E-state index in [0.717, 1.165) is 6.07 Å². The first kappa shape index (κ1) is 24.4. The van der Waals surface area contributed by atoms with Crippen LogP contribution in [0.25, 0.3) is 0 Å². The summed E-state index contributed by atoms with van der Waals surface area (Å²) in [6, 6.07) is 12.4. The molecule has 0 bridgehead atoms. The molecule has 0 unspecified atom stereocenters. The summed E-state index contributed by atoms with van der Waals surface area (Å²) in [6.45, 7) is 4.91. The van der Waals surface area contributed by atoms with Gasteiger partial charge in [0, 0.05) is 49.8 Å². The number of carbonyl (C=O) groups is 1. The molecule has 4 rings (SSSR count). The quantitative estimate of drug-likeness (QED) is 0.574. The van der Waals surface area contributed by atoms with Crippen molar-refractivity contribution in [3.8, 4) is 6.07 Å². The number of nitrogens with zero attached hydrogens (tertiary/aromatic N) is 3. The minimum absolute atomic E-state index is 0.0178. The Hall–Kier alpha value is -2.76. The number of anilines is 1. The van der Waals surface area contributed by atoms with Crippen LogP contribution in [0.4, 0.5) is 18.9 Å². The molecule has 2 atom stereocenters. The Kier molecular flexibility index (Phi) is 6.79. The zero-order valence-electron chi connectivity index (χ0n) is 18.7. The largest absolute Gasteiger partial charge is 0.417 e. The van der Waals surface area contributed by atoms with Crippen molar-refractivity contribution < 1.29 is 22.7 Å². The van der Waals surface area contributed by atoms with Crippen molar-refractivity contribution in [2.45, 2.75) is 19.5 Å². The van der Waals surface area contributed by atoms with Gasteiger partial charge in [0.05, 0.1) is 34.4 Å². The second kappa shape index (κ2) is 9.47. The van der Waals surface area contributed by atoms with Crippen LogP contribution in [0.2, 0.25) is 5.02 Å². The van der Waals surface area contributed by atoms with Crippen LogP contribution >= 0.6 is 11.6 Å². The van der Waals surface area contributed by atoms with Crippen LogP contribution < -0.4 is 4.90 Å². The first-order valence-electron chi connectivity index (χ1n) is 11.2. The number of hydrogen-bond acceptors (Lipinski definition) is 4. The molecule has 2 aromatic carbocycles. The second-order valence-electron chi connectivity index (χ2n) is 8.90. The first-order chi connectivity index (χ1) is 16.2. The maximum atomic E-state index is 13.5. The summed E-state index contributed by atoms with van der Waals surface area (Å²) in [5.41, 5.74) is -0.747. The molecule has 2 fully saturated rings. The summed E-state index contributed by atoms with van der Waals surface area (Å²) in [5, 5.41) is 9.50. The lowest BCUT2D eigenvalue weighted by molar-refractivity contribution is -0.137. The third kappa shape index (κ3) is 4.59. The Morgan fingerprint density at radius 3 is 2.71 bits per heavy atom. The number of hydrogen-bond donors (Lipinski definition) is 0. The SMILES string of the molecule is CCOC[C@@]12CCN(C(=O)c3ccccc3Cl)C[C@@H]1CN(c1ccc(C#N)c(C(F)(F)F)c1)C2. The van der Waals surface area contributed by atoms with E-state index >= 15 is 0 Å². The van der Waals surface area contributed by atoms with Gasteiger partial charge in [0.2, 0.25) is 0 Å². The van der Waals surface area contributed by atoms with Crippen molar-refractivity contribution in [3.63, 3.8) is 0 Å². The summed E-state index contributed by atoms with van der Waals surface area (Å²) >= 11 is 6.23. The van der Waals surface area contributed by atoms with Crippen LogP contribution in [0, 0.1) is 22.7 Å². The number of amides is 1. The van der Waals surface area contributed by atoms with E-state index < -0.39 is 17.3 Å². The van der Waals surface area contributed by atoms with E-state index in [1.165, 1.54) is 6.07 Å². The van der Waals surface area contributed by atoms with Crippen LogP contribution in [0.1, 0.15) is 34.8 Å². The van der Waals surface area contributed by atoms with Gasteiger partial charge in [-0.1, -0.05) is 23.7 Å². The number of likely N-dealkylation sites (tertiary alicyclic amines) is 1. The van der Waals surface area contributed by atoms with Gasteiger partial charge in [-0.05, 0) is 43.7 Å². The molecule has 0 N–H and O–H groups in total. The third-order valence-electron chi connectivity index (χ3n) is 6.91. The van der Waals surface area contributed by atoms with Gasteiger partial charge in [-0.3, -0.25) is 4.79 Å². The van der Waals surface area contributed by atoms with Gasteiger partial charge >= 0.3 is 6.18 Å². The van der Waals surface area contributed by atoms with Crippen LogP contribution in [-0.2, 0) is 10.9 Å². The minimum atomic E-state index is -4.62. The number of ether oxygens (including phenoxy) is 1. The predicted octanol–water partition coefficient (Wildman–Crippen LogP) is 5.24. The molecule has 1 amide bonds. The molecule has 2 aliphatic rings. The zero-order valence-corrected chi connectivity index (χ0v) is 19.5. The van der Waals surface area contributed by atoms with Gasteiger partial charge in [-0.2, -0.15) is 18.4 Å². The van der Waals surface area contributed by atoms with Crippen molar-refractivity contribution in [1.82, 2.24) is 4.90 Å². The molecular formula is C25H25ClF3N3O2. The molecule has 2 saturated heterocycles. The van der Waals surface area contributed by atoms with Gasteiger partial charge < -0.3 is 14.5 Å². The van der Waals surface area contributed by atoms with Gasteiger partial charge in [0.1, 0.15) is 0 Å². The van der Waals surface area contributed by atoms with E-state index in [4.69, 9.17) is 21.6 Å². The Bertz CT molecular complexity index is 1120. The Labute approximate surface area is 201 Å². The van der Waals surface area contributed by atoms with Crippen molar-refractivity contribution in [1.29, 1.82) is 5.26 Å². The molecule has 9 heteroatoms. The number of piperidine rings is 1. The van der Waals surface area contributed by atoms with E-state index in [1.54, 1.807) is 41.3 Å².